The van der Waals surface area contributed by atoms with Gasteiger partial charge in [-0.2, -0.15) is 0 Å². The van der Waals surface area contributed by atoms with Crippen molar-refractivity contribution in [1.29, 1.82) is 0 Å². The van der Waals surface area contributed by atoms with E-state index in [0.717, 1.165) is 11.3 Å². The van der Waals surface area contributed by atoms with Crippen molar-refractivity contribution in [2.24, 2.45) is 0 Å². The molecule has 2 rings (SSSR count). The first-order valence-electron chi connectivity index (χ1n) is 5.61. The molecule has 0 unspecified atom stereocenters. The van der Waals surface area contributed by atoms with Crippen LogP contribution in [0, 0.1) is 0 Å². The fraction of sp³-hybridized carbons (Fsp3) is 0.0714. The minimum Gasteiger partial charge on any atom is -0.507 e. The third-order valence-corrected chi connectivity index (χ3v) is 2.97. The Morgan fingerprint density at radius 2 is 1.84 bits per heavy atom. The van der Waals surface area contributed by atoms with Crippen LogP contribution < -0.4 is 4.42 Å². The van der Waals surface area contributed by atoms with Gasteiger partial charge in [-0.25, -0.2) is 4.79 Å². The van der Waals surface area contributed by atoms with Crippen LogP contribution in [0.2, 0.25) is 0 Å². The molecular weight excluding hydrogens is 266 g/mol. The van der Waals surface area contributed by atoms with Crippen molar-refractivity contribution in [2.75, 3.05) is 4.42 Å². The number of phenols is 1. The molecule has 98 valence electrons. The molecule has 0 aromatic heterocycles. The number of carbonyl (C=O) groups is 1. The molecule has 2 aromatic rings. The van der Waals surface area contributed by atoms with E-state index in [0.29, 0.717) is 6.54 Å². The molecule has 0 bridgehead atoms. The smallest absolute Gasteiger partial charge is 0.339 e. The number of aromatic hydroxyl groups is 1. The van der Waals surface area contributed by atoms with E-state index in [2.05, 4.69) is 0 Å². The van der Waals surface area contributed by atoms with Crippen molar-refractivity contribution in [2.45, 2.75) is 6.54 Å². The Morgan fingerprint density at radius 3 is 2.42 bits per heavy atom. The van der Waals surface area contributed by atoms with E-state index in [1.807, 2.05) is 30.3 Å². The summed E-state index contributed by atoms with van der Waals surface area (Å²) < 4.78 is 1.50. The van der Waals surface area contributed by atoms with Gasteiger partial charge < -0.3 is 10.2 Å². The second-order valence-electron chi connectivity index (χ2n) is 4.01. The lowest BCUT2D eigenvalue weighted by Crippen LogP contribution is -2.09. The van der Waals surface area contributed by atoms with E-state index < -0.39 is 5.97 Å². The van der Waals surface area contributed by atoms with Gasteiger partial charge in [-0.1, -0.05) is 24.3 Å². The van der Waals surface area contributed by atoms with E-state index in [4.69, 9.17) is 16.9 Å². The minimum absolute atomic E-state index is 0.121. The molecule has 0 saturated carbocycles. The van der Waals surface area contributed by atoms with Crippen LogP contribution in [-0.4, -0.2) is 16.2 Å². The molecule has 0 aliphatic rings. The van der Waals surface area contributed by atoms with Gasteiger partial charge in [-0.3, -0.25) is 4.42 Å². The molecule has 0 aliphatic carbocycles. The third kappa shape index (κ3) is 3.17. The quantitative estimate of drug-likeness (QED) is 0.842. The van der Waals surface area contributed by atoms with Gasteiger partial charge >= 0.3 is 5.97 Å². The SMILES string of the molecule is O=C(O)c1ccc(CN(Cl)c2ccccc2)cc1O. The van der Waals surface area contributed by atoms with Gasteiger partial charge in [0.25, 0.3) is 0 Å². The number of rotatable bonds is 4. The normalized spacial score (nSPS) is 10.2. The number of para-hydroxylation sites is 1. The van der Waals surface area contributed by atoms with Gasteiger partial charge in [0, 0.05) is 11.8 Å². The van der Waals surface area contributed by atoms with Crippen molar-refractivity contribution in [3.8, 4) is 5.75 Å². The number of hydrogen-bond acceptors (Lipinski definition) is 3. The largest absolute Gasteiger partial charge is 0.507 e. The van der Waals surface area contributed by atoms with Crippen LogP contribution in [0.5, 0.6) is 5.75 Å². The molecule has 0 aliphatic heterocycles. The maximum absolute atomic E-state index is 10.8. The van der Waals surface area contributed by atoms with Crippen LogP contribution in [-0.2, 0) is 6.54 Å². The van der Waals surface area contributed by atoms with E-state index in [1.54, 1.807) is 6.07 Å². The van der Waals surface area contributed by atoms with Crippen LogP contribution in [0.15, 0.2) is 48.5 Å². The molecule has 5 heteroatoms. The zero-order chi connectivity index (χ0) is 13.8. The van der Waals surface area contributed by atoms with E-state index in [9.17, 15) is 9.90 Å². The molecule has 4 nitrogen and oxygen atoms in total. The Labute approximate surface area is 115 Å². The Kier molecular flexibility index (Phi) is 3.92. The first kappa shape index (κ1) is 13.2. The number of aromatic carboxylic acids is 1. The molecule has 0 heterocycles. The third-order valence-electron chi connectivity index (χ3n) is 2.65. The fourth-order valence-corrected chi connectivity index (χ4v) is 1.95. The molecular formula is C14H12ClNO3. The predicted octanol–water partition coefficient (Wildman–Crippen LogP) is 3.25. The number of anilines is 1. The van der Waals surface area contributed by atoms with Crippen LogP contribution in [0.1, 0.15) is 15.9 Å². The van der Waals surface area contributed by atoms with E-state index in [1.165, 1.54) is 16.6 Å². The summed E-state index contributed by atoms with van der Waals surface area (Å²) in [5.41, 5.74) is 1.43. The first-order chi connectivity index (χ1) is 9.08. The van der Waals surface area contributed by atoms with Gasteiger partial charge in [0.05, 0.1) is 12.2 Å². The van der Waals surface area contributed by atoms with Gasteiger partial charge in [0.15, 0.2) is 0 Å². The lowest BCUT2D eigenvalue weighted by Gasteiger charge is -2.16. The van der Waals surface area contributed by atoms with Crippen molar-refractivity contribution >= 4 is 23.4 Å². The Bertz CT molecular complexity index is 586. The first-order valence-corrected chi connectivity index (χ1v) is 5.95. The highest BCUT2D eigenvalue weighted by Crippen LogP contribution is 2.23. The number of carboxylic acid groups (broad SMARTS) is 1. The fourth-order valence-electron chi connectivity index (χ4n) is 1.70. The number of halogens is 1. The average molecular weight is 278 g/mol. The number of carboxylic acids is 1. The van der Waals surface area contributed by atoms with Gasteiger partial charge in [0.1, 0.15) is 11.3 Å². The zero-order valence-corrected chi connectivity index (χ0v) is 10.7. The van der Waals surface area contributed by atoms with Crippen LogP contribution >= 0.6 is 11.8 Å². The molecule has 19 heavy (non-hydrogen) atoms. The highest BCUT2D eigenvalue weighted by molar-refractivity contribution is 6.25. The van der Waals surface area contributed by atoms with Crippen LogP contribution in [0.4, 0.5) is 5.69 Å². The Morgan fingerprint density at radius 1 is 1.16 bits per heavy atom. The maximum atomic E-state index is 10.8. The summed E-state index contributed by atoms with van der Waals surface area (Å²) in [6, 6.07) is 13.7. The molecule has 0 atom stereocenters. The summed E-state index contributed by atoms with van der Waals surface area (Å²) >= 11 is 6.13. The predicted molar refractivity (Wildman–Crippen MR) is 73.5 cm³/mol. The Balaban J connectivity index is 2.16. The van der Waals surface area contributed by atoms with Crippen LogP contribution in [0.3, 0.4) is 0 Å². The molecule has 2 N–H and O–H groups in total. The Hall–Kier alpha value is -2.20. The van der Waals surface area contributed by atoms with E-state index >= 15 is 0 Å². The van der Waals surface area contributed by atoms with Crippen molar-refractivity contribution in [3.63, 3.8) is 0 Å². The summed E-state index contributed by atoms with van der Waals surface area (Å²) in [5, 5.41) is 18.4. The lowest BCUT2D eigenvalue weighted by molar-refractivity contribution is 0.0693. The second kappa shape index (κ2) is 5.63. The lowest BCUT2D eigenvalue weighted by atomic mass is 10.1. The molecule has 2 aromatic carbocycles. The molecule has 0 spiro atoms. The summed E-state index contributed by atoms with van der Waals surface area (Å²) in [5.74, 6) is -1.42. The monoisotopic (exact) mass is 277 g/mol. The summed E-state index contributed by atoms with van der Waals surface area (Å²) in [6.45, 7) is 0.360. The van der Waals surface area contributed by atoms with Gasteiger partial charge in [-0.05, 0) is 29.8 Å². The molecule has 0 amide bonds. The molecule has 0 fully saturated rings. The maximum Gasteiger partial charge on any atom is 0.339 e. The van der Waals surface area contributed by atoms with Crippen LogP contribution in [0.25, 0.3) is 0 Å². The zero-order valence-electron chi connectivity index (χ0n) is 9.95. The minimum atomic E-state index is -1.16. The number of hydrogen-bond donors (Lipinski definition) is 2. The second-order valence-corrected chi connectivity index (χ2v) is 4.42. The highest BCUT2D eigenvalue weighted by Gasteiger charge is 2.11. The molecule has 0 radical (unpaired) electrons. The van der Waals surface area contributed by atoms with Gasteiger partial charge in [0.2, 0.25) is 0 Å². The topological polar surface area (TPSA) is 60.8 Å². The standard InChI is InChI=1S/C14H12ClNO3/c15-16(11-4-2-1-3-5-11)9-10-6-7-12(14(18)19)13(17)8-10/h1-8,17H,9H2,(H,18,19). The molecule has 0 saturated heterocycles. The van der Waals surface area contributed by atoms with Crippen molar-refractivity contribution < 1.29 is 15.0 Å². The van der Waals surface area contributed by atoms with Crippen molar-refractivity contribution in [1.82, 2.24) is 0 Å². The summed E-state index contributed by atoms with van der Waals surface area (Å²) in [7, 11) is 0. The van der Waals surface area contributed by atoms with Gasteiger partial charge in [-0.15, -0.1) is 0 Å². The average Bonchev–Trinajstić information content (AvgIpc) is 2.39. The van der Waals surface area contributed by atoms with E-state index in [-0.39, 0.29) is 11.3 Å². The number of benzene rings is 2. The highest BCUT2D eigenvalue weighted by atomic mass is 35.5. The van der Waals surface area contributed by atoms with Crippen molar-refractivity contribution in [3.05, 3.63) is 59.7 Å². The summed E-state index contributed by atoms with van der Waals surface area (Å²) in [4.78, 5) is 10.8. The number of nitrogens with zero attached hydrogens (tertiary/aromatic N) is 1. The summed E-state index contributed by atoms with van der Waals surface area (Å²) in [6.07, 6.45) is 0.